The topological polar surface area (TPSA) is 3.24 Å². The Morgan fingerprint density at radius 2 is 2.19 bits per heavy atom. The van der Waals surface area contributed by atoms with Crippen LogP contribution < -0.4 is 0 Å². The monoisotopic (exact) mass is 281 g/mol. The Hall–Kier alpha value is -0.340. The van der Waals surface area contributed by atoms with Crippen LogP contribution in [0.2, 0.25) is 0 Å². The summed E-state index contributed by atoms with van der Waals surface area (Å²) in [5, 5.41) is 1.11. The molecule has 1 aromatic carbocycles. The van der Waals surface area contributed by atoms with E-state index in [4.69, 9.17) is 0 Å². The first-order valence-corrected chi connectivity index (χ1v) is 7.19. The van der Waals surface area contributed by atoms with Gasteiger partial charge in [0.15, 0.2) is 0 Å². The number of aryl methyl sites for hydroxylation is 2. The van der Waals surface area contributed by atoms with Crippen molar-refractivity contribution < 1.29 is 0 Å². The van der Waals surface area contributed by atoms with Gasteiger partial charge in [0.1, 0.15) is 0 Å². The number of halogens is 1. The van der Waals surface area contributed by atoms with E-state index in [0.717, 1.165) is 17.9 Å². The van der Waals surface area contributed by atoms with E-state index in [-0.39, 0.29) is 0 Å². The van der Waals surface area contributed by atoms with Crippen LogP contribution >= 0.6 is 15.9 Å². The van der Waals surface area contributed by atoms with E-state index in [1.54, 1.807) is 0 Å². The van der Waals surface area contributed by atoms with Crippen molar-refractivity contribution in [3.63, 3.8) is 0 Å². The lowest BCUT2D eigenvalue weighted by atomic mass is 10.1. The molecule has 1 fully saturated rings. The fraction of sp³-hybridized carbons (Fsp3) is 0.571. The quantitative estimate of drug-likeness (QED) is 0.765. The molecule has 1 saturated heterocycles. The minimum atomic E-state index is 0.736. The molecule has 1 nitrogen and oxygen atoms in total. The lowest BCUT2D eigenvalue weighted by Gasteiger charge is -2.23. The summed E-state index contributed by atoms with van der Waals surface area (Å²) in [7, 11) is 0. The van der Waals surface area contributed by atoms with Gasteiger partial charge in [0.2, 0.25) is 0 Å². The molecule has 0 spiro atoms. The third-order valence-corrected chi connectivity index (χ3v) is 4.30. The molecule has 0 radical (unpaired) electrons. The summed E-state index contributed by atoms with van der Waals surface area (Å²) >= 11 is 3.62. The molecule has 1 aliphatic rings. The highest BCUT2D eigenvalue weighted by molar-refractivity contribution is 9.09. The second kappa shape index (κ2) is 5.33. The van der Waals surface area contributed by atoms with Crippen molar-refractivity contribution in [2.75, 3.05) is 11.9 Å². The van der Waals surface area contributed by atoms with Gasteiger partial charge in [-0.1, -0.05) is 39.7 Å². The highest BCUT2D eigenvalue weighted by atomic mass is 79.9. The van der Waals surface area contributed by atoms with Crippen LogP contribution in [-0.4, -0.2) is 22.8 Å². The van der Waals surface area contributed by atoms with Crippen LogP contribution in [0.15, 0.2) is 18.2 Å². The van der Waals surface area contributed by atoms with Gasteiger partial charge in [-0.2, -0.15) is 0 Å². The van der Waals surface area contributed by atoms with Gasteiger partial charge in [-0.3, -0.25) is 4.90 Å². The number of hydrogen-bond donors (Lipinski definition) is 0. The number of benzene rings is 1. The number of alkyl halides is 1. The molecule has 16 heavy (non-hydrogen) atoms. The second-order valence-electron chi connectivity index (χ2n) is 4.85. The first-order chi connectivity index (χ1) is 7.70. The van der Waals surface area contributed by atoms with E-state index in [0.29, 0.717) is 0 Å². The maximum Gasteiger partial charge on any atom is 0.0239 e. The van der Waals surface area contributed by atoms with E-state index in [1.165, 1.54) is 36.1 Å². The highest BCUT2D eigenvalue weighted by Crippen LogP contribution is 2.23. The molecular weight excluding hydrogens is 262 g/mol. The van der Waals surface area contributed by atoms with E-state index < -0.39 is 0 Å². The van der Waals surface area contributed by atoms with Gasteiger partial charge >= 0.3 is 0 Å². The van der Waals surface area contributed by atoms with Gasteiger partial charge in [-0.15, -0.1) is 0 Å². The fourth-order valence-corrected chi connectivity index (χ4v) is 3.20. The molecule has 0 N–H and O–H groups in total. The molecule has 1 aromatic rings. The first kappa shape index (κ1) is 12.1. The molecule has 88 valence electrons. The van der Waals surface area contributed by atoms with Crippen LogP contribution in [0.1, 0.15) is 29.5 Å². The molecule has 1 heterocycles. The normalized spacial score (nSPS) is 21.6. The van der Waals surface area contributed by atoms with Crippen molar-refractivity contribution in [3.05, 3.63) is 34.9 Å². The number of rotatable bonds is 3. The van der Waals surface area contributed by atoms with Crippen LogP contribution in [0, 0.1) is 13.8 Å². The number of likely N-dealkylation sites (tertiary alicyclic amines) is 1. The smallest absolute Gasteiger partial charge is 0.0239 e. The SMILES string of the molecule is Cc1ccc(C)c(CN2CCCC2CBr)c1. The Bertz CT molecular complexity index is 362. The van der Waals surface area contributed by atoms with Crippen molar-refractivity contribution >= 4 is 15.9 Å². The van der Waals surface area contributed by atoms with Crippen LogP contribution in [0.3, 0.4) is 0 Å². The van der Waals surface area contributed by atoms with Crippen LogP contribution in [0.5, 0.6) is 0 Å². The zero-order chi connectivity index (χ0) is 11.5. The minimum Gasteiger partial charge on any atom is -0.295 e. The van der Waals surface area contributed by atoms with E-state index >= 15 is 0 Å². The maximum atomic E-state index is 3.62. The summed E-state index contributed by atoms with van der Waals surface area (Å²) in [4.78, 5) is 2.61. The number of hydrogen-bond acceptors (Lipinski definition) is 1. The van der Waals surface area contributed by atoms with E-state index in [9.17, 15) is 0 Å². The van der Waals surface area contributed by atoms with Gasteiger partial charge in [0.05, 0.1) is 0 Å². The average Bonchev–Trinajstić information content (AvgIpc) is 2.71. The standard InChI is InChI=1S/C14H20BrN/c1-11-5-6-12(2)13(8-11)10-16-7-3-4-14(16)9-15/h5-6,8,14H,3-4,7,9-10H2,1-2H3. The van der Waals surface area contributed by atoms with Gasteiger partial charge in [-0.25, -0.2) is 0 Å². The Labute approximate surface area is 107 Å². The summed E-state index contributed by atoms with van der Waals surface area (Å²) in [6.07, 6.45) is 2.69. The van der Waals surface area contributed by atoms with Crippen molar-refractivity contribution in [2.45, 2.75) is 39.3 Å². The number of nitrogens with zero attached hydrogens (tertiary/aromatic N) is 1. The highest BCUT2D eigenvalue weighted by Gasteiger charge is 2.23. The fourth-order valence-electron chi connectivity index (χ4n) is 2.47. The zero-order valence-corrected chi connectivity index (χ0v) is 11.8. The minimum absolute atomic E-state index is 0.736. The molecular formula is C14H20BrN. The van der Waals surface area contributed by atoms with Crippen molar-refractivity contribution in [2.24, 2.45) is 0 Å². The predicted octanol–water partition coefficient (Wildman–Crippen LogP) is 3.66. The Morgan fingerprint density at radius 1 is 1.38 bits per heavy atom. The Balaban J connectivity index is 2.11. The molecule has 1 atom stereocenters. The molecule has 0 bridgehead atoms. The van der Waals surface area contributed by atoms with E-state index in [2.05, 4.69) is 52.9 Å². The van der Waals surface area contributed by atoms with Gasteiger partial charge < -0.3 is 0 Å². The first-order valence-electron chi connectivity index (χ1n) is 6.07. The lowest BCUT2D eigenvalue weighted by molar-refractivity contribution is 0.264. The van der Waals surface area contributed by atoms with Gasteiger partial charge in [0.25, 0.3) is 0 Å². The zero-order valence-electron chi connectivity index (χ0n) is 10.2. The molecule has 2 rings (SSSR count). The largest absolute Gasteiger partial charge is 0.295 e. The van der Waals surface area contributed by atoms with Crippen molar-refractivity contribution in [1.82, 2.24) is 4.90 Å². The third kappa shape index (κ3) is 2.67. The van der Waals surface area contributed by atoms with Crippen molar-refractivity contribution in [3.8, 4) is 0 Å². The molecule has 1 aliphatic heterocycles. The molecule has 0 aromatic heterocycles. The van der Waals surface area contributed by atoms with Crippen LogP contribution in [0.4, 0.5) is 0 Å². The van der Waals surface area contributed by atoms with Crippen molar-refractivity contribution in [1.29, 1.82) is 0 Å². The van der Waals surface area contributed by atoms with E-state index in [1.807, 2.05) is 0 Å². The lowest BCUT2D eigenvalue weighted by Crippen LogP contribution is -2.30. The summed E-state index contributed by atoms with van der Waals surface area (Å²) in [6.45, 7) is 6.76. The van der Waals surface area contributed by atoms with Crippen LogP contribution in [0.25, 0.3) is 0 Å². The second-order valence-corrected chi connectivity index (χ2v) is 5.50. The summed E-state index contributed by atoms with van der Waals surface area (Å²) in [6, 6.07) is 7.51. The molecule has 2 heteroatoms. The Kier molecular flexibility index (Phi) is 4.04. The third-order valence-electron chi connectivity index (χ3n) is 3.56. The maximum absolute atomic E-state index is 3.62. The summed E-state index contributed by atoms with van der Waals surface area (Å²) in [5.41, 5.74) is 4.29. The van der Waals surface area contributed by atoms with Gasteiger partial charge in [-0.05, 0) is 44.4 Å². The van der Waals surface area contributed by atoms with Crippen LogP contribution in [-0.2, 0) is 6.54 Å². The average molecular weight is 282 g/mol. The predicted molar refractivity (Wildman–Crippen MR) is 73.1 cm³/mol. The molecule has 0 saturated carbocycles. The Morgan fingerprint density at radius 3 is 2.94 bits per heavy atom. The molecule has 0 amide bonds. The molecule has 1 unspecified atom stereocenters. The molecule has 0 aliphatic carbocycles. The van der Waals surface area contributed by atoms with Gasteiger partial charge in [0, 0.05) is 17.9 Å². The summed E-state index contributed by atoms with van der Waals surface area (Å²) < 4.78 is 0. The summed E-state index contributed by atoms with van der Waals surface area (Å²) in [5.74, 6) is 0.